The molecule has 0 bridgehead atoms. The molecule has 0 aliphatic heterocycles. The Morgan fingerprint density at radius 3 is 2.70 bits per heavy atom. The third kappa shape index (κ3) is 6.26. The van der Waals surface area contributed by atoms with E-state index in [4.69, 9.17) is 13.7 Å². The summed E-state index contributed by atoms with van der Waals surface area (Å²) in [6, 6.07) is 10.2. The molecule has 1 aromatic heterocycles. The van der Waals surface area contributed by atoms with Gasteiger partial charge < -0.3 is 9.47 Å². The number of ether oxygens (including phenoxy) is 2. The fraction of sp³-hybridized carbons (Fsp3) is 0.480. The highest BCUT2D eigenvalue weighted by Crippen LogP contribution is 2.48. The van der Waals surface area contributed by atoms with Crippen molar-refractivity contribution < 1.29 is 26.5 Å². The molecule has 0 saturated heterocycles. The van der Waals surface area contributed by atoms with Crippen LogP contribution in [-0.4, -0.2) is 45.8 Å². The van der Waals surface area contributed by atoms with Gasteiger partial charge in [-0.05, 0) is 67.4 Å². The van der Waals surface area contributed by atoms with Crippen molar-refractivity contribution in [1.29, 1.82) is 0 Å². The van der Waals surface area contributed by atoms with Crippen LogP contribution in [0.25, 0.3) is 17.2 Å². The van der Waals surface area contributed by atoms with Crippen molar-refractivity contribution >= 4 is 16.2 Å². The molecule has 2 saturated carbocycles. The minimum Gasteiger partial charge on any atom is -0.359 e. The Labute approximate surface area is 194 Å². The van der Waals surface area contributed by atoms with E-state index in [1.807, 2.05) is 30.4 Å². The van der Waals surface area contributed by atoms with Crippen LogP contribution >= 0.6 is 0 Å². The summed E-state index contributed by atoms with van der Waals surface area (Å²) in [5.41, 5.74) is 2.36. The molecule has 2 aromatic rings. The van der Waals surface area contributed by atoms with Gasteiger partial charge in [-0.1, -0.05) is 24.3 Å². The van der Waals surface area contributed by atoms with E-state index < -0.39 is 10.1 Å². The van der Waals surface area contributed by atoms with Gasteiger partial charge in [0.25, 0.3) is 10.1 Å². The van der Waals surface area contributed by atoms with Gasteiger partial charge >= 0.3 is 0 Å². The maximum Gasteiger partial charge on any atom is 0.264 e. The van der Waals surface area contributed by atoms with Crippen LogP contribution in [0.1, 0.15) is 31.4 Å². The molecule has 2 aliphatic rings. The molecule has 178 valence electrons. The van der Waals surface area contributed by atoms with Crippen molar-refractivity contribution in [2.24, 2.45) is 17.8 Å². The molecule has 0 radical (unpaired) electrons. The summed E-state index contributed by atoms with van der Waals surface area (Å²) in [7, 11) is -1.96. The molecule has 8 heteroatoms. The second-order valence-electron chi connectivity index (χ2n) is 8.93. The number of aromatic nitrogens is 1. The SMILES string of the molecule is COCO[C@@H]1CC[C@@H]2[C@H](C1)C[C@H](OS(C)(=O)=O)[C@H]2/C=C/c1ccc(-c2cccc(F)c2)cn1. The van der Waals surface area contributed by atoms with Gasteiger partial charge in [-0.25, -0.2) is 4.39 Å². The van der Waals surface area contributed by atoms with E-state index in [0.717, 1.165) is 42.3 Å². The van der Waals surface area contributed by atoms with Crippen LogP contribution in [0.15, 0.2) is 48.7 Å². The molecular formula is C25H30FNO5S. The van der Waals surface area contributed by atoms with Gasteiger partial charge in [-0.2, -0.15) is 8.42 Å². The predicted molar refractivity (Wildman–Crippen MR) is 124 cm³/mol. The monoisotopic (exact) mass is 475 g/mol. The van der Waals surface area contributed by atoms with Crippen LogP contribution in [0.4, 0.5) is 4.39 Å². The molecule has 2 aliphatic carbocycles. The van der Waals surface area contributed by atoms with E-state index in [9.17, 15) is 12.8 Å². The van der Waals surface area contributed by atoms with E-state index in [0.29, 0.717) is 18.3 Å². The van der Waals surface area contributed by atoms with Gasteiger partial charge in [0.2, 0.25) is 0 Å². The normalized spacial score (nSPS) is 27.7. The van der Waals surface area contributed by atoms with E-state index in [2.05, 4.69) is 4.98 Å². The molecule has 5 atom stereocenters. The van der Waals surface area contributed by atoms with Crippen LogP contribution in [0.2, 0.25) is 0 Å². The summed E-state index contributed by atoms with van der Waals surface area (Å²) < 4.78 is 53.6. The molecule has 33 heavy (non-hydrogen) atoms. The third-order valence-electron chi connectivity index (χ3n) is 6.61. The minimum absolute atomic E-state index is 0.0159. The number of fused-ring (bicyclic) bond motifs is 1. The van der Waals surface area contributed by atoms with Crippen LogP contribution in [0.5, 0.6) is 0 Å². The Bertz CT molecular complexity index is 1070. The number of benzene rings is 1. The number of hydrogen-bond acceptors (Lipinski definition) is 6. The summed E-state index contributed by atoms with van der Waals surface area (Å²) in [6.45, 7) is 0.270. The lowest BCUT2D eigenvalue weighted by Gasteiger charge is -2.33. The van der Waals surface area contributed by atoms with Gasteiger partial charge in [-0.3, -0.25) is 9.17 Å². The van der Waals surface area contributed by atoms with Crippen molar-refractivity contribution in [3.8, 4) is 11.1 Å². The molecule has 0 N–H and O–H groups in total. The molecule has 2 fully saturated rings. The van der Waals surface area contributed by atoms with Crippen LogP contribution < -0.4 is 0 Å². The third-order valence-corrected chi connectivity index (χ3v) is 7.20. The molecule has 4 rings (SSSR count). The van der Waals surface area contributed by atoms with Crippen LogP contribution in [0, 0.1) is 23.6 Å². The van der Waals surface area contributed by atoms with Gasteiger partial charge in [0, 0.05) is 24.8 Å². The zero-order valence-corrected chi connectivity index (χ0v) is 19.7. The molecule has 0 spiro atoms. The van der Waals surface area contributed by atoms with Gasteiger partial charge in [-0.15, -0.1) is 0 Å². The van der Waals surface area contributed by atoms with E-state index >= 15 is 0 Å². The lowest BCUT2D eigenvalue weighted by Crippen LogP contribution is -2.30. The first-order chi connectivity index (χ1) is 15.8. The summed E-state index contributed by atoms with van der Waals surface area (Å²) >= 11 is 0. The average molecular weight is 476 g/mol. The minimum atomic E-state index is -3.57. The Morgan fingerprint density at radius 2 is 2.00 bits per heavy atom. The highest BCUT2D eigenvalue weighted by atomic mass is 32.2. The average Bonchev–Trinajstić information content (AvgIpc) is 3.11. The lowest BCUT2D eigenvalue weighted by molar-refractivity contribution is -0.0930. The van der Waals surface area contributed by atoms with Gasteiger partial charge in [0.15, 0.2) is 0 Å². The lowest BCUT2D eigenvalue weighted by atomic mass is 9.76. The van der Waals surface area contributed by atoms with E-state index in [1.54, 1.807) is 19.4 Å². The Hall–Kier alpha value is -2.13. The fourth-order valence-electron chi connectivity index (χ4n) is 5.22. The summed E-state index contributed by atoms with van der Waals surface area (Å²) in [5.74, 6) is 0.372. The quantitative estimate of drug-likeness (QED) is 0.408. The maximum absolute atomic E-state index is 13.5. The van der Waals surface area contributed by atoms with E-state index in [-0.39, 0.29) is 30.7 Å². The highest BCUT2D eigenvalue weighted by Gasteiger charge is 2.46. The van der Waals surface area contributed by atoms with Crippen LogP contribution in [0.3, 0.4) is 0 Å². The number of pyridine rings is 1. The van der Waals surface area contributed by atoms with Gasteiger partial charge in [0.1, 0.15) is 12.6 Å². The summed E-state index contributed by atoms with van der Waals surface area (Å²) in [6.07, 6.45) is 9.96. The number of methoxy groups -OCH3 is 1. The Kier molecular flexibility index (Phi) is 7.58. The maximum atomic E-state index is 13.5. The van der Waals surface area contributed by atoms with Crippen molar-refractivity contribution in [2.45, 2.75) is 37.9 Å². The first-order valence-corrected chi connectivity index (χ1v) is 13.0. The topological polar surface area (TPSA) is 74.7 Å². The van der Waals surface area contributed by atoms with Crippen molar-refractivity contribution in [3.05, 3.63) is 60.2 Å². The predicted octanol–water partition coefficient (Wildman–Crippen LogP) is 4.67. The second kappa shape index (κ2) is 10.4. The number of rotatable bonds is 8. The van der Waals surface area contributed by atoms with Crippen LogP contribution in [-0.2, 0) is 23.8 Å². The molecule has 1 aromatic carbocycles. The molecule has 0 amide bonds. The highest BCUT2D eigenvalue weighted by molar-refractivity contribution is 7.86. The van der Waals surface area contributed by atoms with Crippen molar-refractivity contribution in [3.63, 3.8) is 0 Å². The molecule has 0 unspecified atom stereocenters. The van der Waals surface area contributed by atoms with Gasteiger partial charge in [0.05, 0.1) is 24.2 Å². The smallest absolute Gasteiger partial charge is 0.264 e. The standard InChI is InChI=1S/C25H30FNO5S/c1-30-16-31-22-9-11-23-19(13-22)14-25(32-33(2,28)29)24(23)10-8-21-7-6-18(15-27-21)17-4-3-5-20(26)12-17/h3-8,10,12,15,19,22-25H,9,11,13-14,16H2,1-2H3/b10-8+/t19-,22-,23-,24+,25+/m1/s1. The molecule has 6 nitrogen and oxygen atoms in total. The Balaban J connectivity index is 1.49. The molecular weight excluding hydrogens is 445 g/mol. The molecule has 1 heterocycles. The summed E-state index contributed by atoms with van der Waals surface area (Å²) in [4.78, 5) is 4.49. The van der Waals surface area contributed by atoms with Crippen molar-refractivity contribution in [2.75, 3.05) is 20.2 Å². The zero-order chi connectivity index (χ0) is 23.4. The summed E-state index contributed by atoms with van der Waals surface area (Å²) in [5, 5.41) is 0. The largest absolute Gasteiger partial charge is 0.359 e. The number of nitrogens with zero attached hydrogens (tertiary/aromatic N) is 1. The number of halogens is 1. The first-order valence-electron chi connectivity index (χ1n) is 11.2. The second-order valence-corrected chi connectivity index (χ2v) is 10.5. The zero-order valence-electron chi connectivity index (χ0n) is 18.9. The van der Waals surface area contributed by atoms with E-state index in [1.165, 1.54) is 12.1 Å². The first kappa shape index (κ1) is 24.0. The Morgan fingerprint density at radius 1 is 1.15 bits per heavy atom. The fourth-order valence-corrected chi connectivity index (χ4v) is 5.87. The van der Waals surface area contributed by atoms with Crippen molar-refractivity contribution in [1.82, 2.24) is 4.98 Å². The number of hydrogen-bond donors (Lipinski definition) is 0.